The van der Waals surface area contributed by atoms with Crippen LogP contribution in [0.5, 0.6) is 0 Å². The van der Waals surface area contributed by atoms with Crippen molar-refractivity contribution in [1.82, 2.24) is 10.2 Å². The van der Waals surface area contributed by atoms with Gasteiger partial charge in [-0.25, -0.2) is 0 Å². The van der Waals surface area contributed by atoms with Gasteiger partial charge in [0.2, 0.25) is 0 Å². The van der Waals surface area contributed by atoms with Gasteiger partial charge in [-0.3, -0.25) is 0 Å². The first-order chi connectivity index (χ1) is 6.84. The minimum absolute atomic E-state index is 0.910. The van der Waals surface area contributed by atoms with Crippen LogP contribution in [0.25, 0.3) is 0 Å². The minimum atomic E-state index is 0.910. The zero-order valence-corrected chi connectivity index (χ0v) is 9.47. The first-order valence-electron chi connectivity index (χ1n) is 6.24. The lowest BCUT2D eigenvalue weighted by Crippen LogP contribution is -2.37. The van der Waals surface area contributed by atoms with E-state index in [9.17, 15) is 0 Å². The molecule has 0 bridgehead atoms. The van der Waals surface area contributed by atoms with Gasteiger partial charge in [0.1, 0.15) is 0 Å². The summed E-state index contributed by atoms with van der Waals surface area (Å²) in [6.45, 7) is 5.11. The predicted octanol–water partition coefficient (Wildman–Crippen LogP) is 1.72. The summed E-state index contributed by atoms with van der Waals surface area (Å²) in [6.07, 6.45) is 7.23. The molecule has 2 aliphatic rings. The van der Waals surface area contributed by atoms with Crippen molar-refractivity contribution in [3.8, 4) is 0 Å². The highest BCUT2D eigenvalue weighted by Gasteiger charge is 2.21. The number of hydrogen-bond acceptors (Lipinski definition) is 2. The Morgan fingerprint density at radius 2 is 2.07 bits per heavy atom. The second kappa shape index (κ2) is 5.13. The van der Waals surface area contributed by atoms with E-state index in [4.69, 9.17) is 0 Å². The van der Waals surface area contributed by atoms with Crippen molar-refractivity contribution >= 4 is 0 Å². The van der Waals surface area contributed by atoms with Crippen LogP contribution in [0.1, 0.15) is 32.1 Å². The lowest BCUT2D eigenvalue weighted by molar-refractivity contribution is 0.206. The predicted molar refractivity (Wildman–Crippen MR) is 60.4 cm³/mol. The molecule has 0 amide bonds. The molecule has 1 aliphatic heterocycles. The molecule has 1 saturated heterocycles. The molecule has 82 valence electrons. The van der Waals surface area contributed by atoms with Crippen molar-refractivity contribution in [1.29, 1.82) is 0 Å². The van der Waals surface area contributed by atoms with Gasteiger partial charge in [0.15, 0.2) is 0 Å². The molecule has 0 aromatic carbocycles. The van der Waals surface area contributed by atoms with Crippen molar-refractivity contribution in [3.05, 3.63) is 0 Å². The van der Waals surface area contributed by atoms with Crippen molar-refractivity contribution in [2.45, 2.75) is 32.1 Å². The van der Waals surface area contributed by atoms with E-state index in [0.29, 0.717) is 0 Å². The molecule has 2 rings (SSSR count). The van der Waals surface area contributed by atoms with E-state index in [-0.39, 0.29) is 0 Å². The molecule has 1 saturated carbocycles. The molecule has 2 nitrogen and oxygen atoms in total. The molecule has 0 aromatic rings. The lowest BCUT2D eigenvalue weighted by Gasteiger charge is -2.29. The third-order valence-electron chi connectivity index (χ3n) is 3.58. The van der Waals surface area contributed by atoms with E-state index in [1.807, 2.05) is 0 Å². The molecule has 2 heteroatoms. The smallest absolute Gasteiger partial charge is 0.00187 e. The summed E-state index contributed by atoms with van der Waals surface area (Å²) in [6, 6.07) is 0. The SMILES string of the molecule is CN1CCCC(CNCCC2CC2)C1. The fourth-order valence-corrected chi connectivity index (χ4v) is 2.46. The number of nitrogens with zero attached hydrogens (tertiary/aromatic N) is 1. The van der Waals surface area contributed by atoms with Crippen LogP contribution in [0.15, 0.2) is 0 Å². The van der Waals surface area contributed by atoms with Crippen molar-refractivity contribution in [2.75, 3.05) is 33.2 Å². The zero-order valence-electron chi connectivity index (χ0n) is 9.47. The Kier molecular flexibility index (Phi) is 3.82. The molecule has 0 spiro atoms. The molecule has 1 heterocycles. The summed E-state index contributed by atoms with van der Waals surface area (Å²) in [4.78, 5) is 2.47. The second-order valence-electron chi connectivity index (χ2n) is 5.21. The van der Waals surface area contributed by atoms with Crippen LogP contribution in [0.3, 0.4) is 0 Å². The highest BCUT2D eigenvalue weighted by molar-refractivity contribution is 4.75. The first kappa shape index (κ1) is 10.4. The van der Waals surface area contributed by atoms with E-state index >= 15 is 0 Å². The highest BCUT2D eigenvalue weighted by Crippen LogP contribution is 2.31. The van der Waals surface area contributed by atoms with Crippen LogP contribution in [0.2, 0.25) is 0 Å². The van der Waals surface area contributed by atoms with Gasteiger partial charge in [0.05, 0.1) is 0 Å². The number of nitrogens with one attached hydrogen (secondary N) is 1. The van der Waals surface area contributed by atoms with E-state index in [1.165, 1.54) is 58.3 Å². The van der Waals surface area contributed by atoms with Gasteiger partial charge in [0.25, 0.3) is 0 Å². The Balaban J connectivity index is 1.50. The Labute approximate surface area is 88.1 Å². The van der Waals surface area contributed by atoms with Gasteiger partial charge < -0.3 is 10.2 Å². The van der Waals surface area contributed by atoms with Gasteiger partial charge in [-0.15, -0.1) is 0 Å². The van der Waals surface area contributed by atoms with Gasteiger partial charge in [0, 0.05) is 6.54 Å². The molecular weight excluding hydrogens is 172 g/mol. The molecule has 1 unspecified atom stereocenters. The summed E-state index contributed by atoms with van der Waals surface area (Å²) < 4.78 is 0. The monoisotopic (exact) mass is 196 g/mol. The van der Waals surface area contributed by atoms with Crippen LogP contribution in [-0.2, 0) is 0 Å². The minimum Gasteiger partial charge on any atom is -0.316 e. The van der Waals surface area contributed by atoms with Crippen molar-refractivity contribution in [2.24, 2.45) is 11.8 Å². The number of piperidine rings is 1. The topological polar surface area (TPSA) is 15.3 Å². The van der Waals surface area contributed by atoms with Gasteiger partial charge >= 0.3 is 0 Å². The fraction of sp³-hybridized carbons (Fsp3) is 1.00. The standard InChI is InChI=1S/C12H24N2/c1-14-8-2-3-12(10-14)9-13-7-6-11-4-5-11/h11-13H,2-10H2,1H3. The molecule has 14 heavy (non-hydrogen) atoms. The number of hydrogen-bond donors (Lipinski definition) is 1. The van der Waals surface area contributed by atoms with E-state index in [2.05, 4.69) is 17.3 Å². The third kappa shape index (κ3) is 3.58. The van der Waals surface area contributed by atoms with Crippen LogP contribution in [-0.4, -0.2) is 38.1 Å². The Morgan fingerprint density at radius 1 is 1.21 bits per heavy atom. The summed E-state index contributed by atoms with van der Waals surface area (Å²) in [5.41, 5.74) is 0. The maximum absolute atomic E-state index is 3.62. The van der Waals surface area contributed by atoms with Crippen molar-refractivity contribution < 1.29 is 0 Å². The molecule has 1 atom stereocenters. The highest BCUT2D eigenvalue weighted by atomic mass is 15.1. The summed E-state index contributed by atoms with van der Waals surface area (Å²) in [5.74, 6) is 1.99. The Morgan fingerprint density at radius 3 is 2.79 bits per heavy atom. The summed E-state index contributed by atoms with van der Waals surface area (Å²) >= 11 is 0. The quantitative estimate of drug-likeness (QED) is 0.674. The average Bonchev–Trinajstić information content (AvgIpc) is 2.96. The lowest BCUT2D eigenvalue weighted by atomic mass is 9.98. The third-order valence-corrected chi connectivity index (χ3v) is 3.58. The number of rotatable bonds is 5. The molecule has 0 radical (unpaired) electrons. The summed E-state index contributed by atoms with van der Waals surface area (Å²) in [5, 5.41) is 3.62. The number of likely N-dealkylation sites (tertiary alicyclic amines) is 1. The molecule has 1 N–H and O–H groups in total. The fourth-order valence-electron chi connectivity index (χ4n) is 2.46. The van der Waals surface area contributed by atoms with Crippen molar-refractivity contribution in [3.63, 3.8) is 0 Å². The summed E-state index contributed by atoms with van der Waals surface area (Å²) in [7, 11) is 2.25. The Bertz CT molecular complexity index is 166. The first-order valence-corrected chi connectivity index (χ1v) is 6.24. The second-order valence-corrected chi connectivity index (χ2v) is 5.21. The van der Waals surface area contributed by atoms with Gasteiger partial charge in [-0.2, -0.15) is 0 Å². The van der Waals surface area contributed by atoms with Crippen LogP contribution in [0.4, 0.5) is 0 Å². The van der Waals surface area contributed by atoms with Crippen LogP contribution < -0.4 is 5.32 Å². The Hall–Kier alpha value is -0.0800. The van der Waals surface area contributed by atoms with Crippen LogP contribution in [0, 0.1) is 11.8 Å². The van der Waals surface area contributed by atoms with Gasteiger partial charge in [-0.1, -0.05) is 12.8 Å². The van der Waals surface area contributed by atoms with Crippen LogP contribution >= 0.6 is 0 Å². The largest absolute Gasteiger partial charge is 0.316 e. The molecule has 1 aliphatic carbocycles. The maximum atomic E-state index is 3.62. The normalized spacial score (nSPS) is 29.4. The molecule has 2 fully saturated rings. The molecule has 0 aromatic heterocycles. The van der Waals surface area contributed by atoms with E-state index < -0.39 is 0 Å². The average molecular weight is 196 g/mol. The van der Waals surface area contributed by atoms with Gasteiger partial charge in [-0.05, 0) is 57.8 Å². The van der Waals surface area contributed by atoms with E-state index in [0.717, 1.165) is 11.8 Å². The maximum Gasteiger partial charge on any atom is 0.00187 e. The molecular formula is C12H24N2. The zero-order chi connectivity index (χ0) is 9.80. The van der Waals surface area contributed by atoms with E-state index in [1.54, 1.807) is 0 Å².